The lowest BCUT2D eigenvalue weighted by Gasteiger charge is -2.07. The molecule has 2 aromatic rings. The first-order valence-corrected chi connectivity index (χ1v) is 11.1. The number of carbonyl (C=O) groups is 1. The number of aromatic nitrogens is 2. The van der Waals surface area contributed by atoms with Crippen LogP contribution in [0.2, 0.25) is 0 Å². The van der Waals surface area contributed by atoms with E-state index in [1.54, 1.807) is 12.4 Å². The lowest BCUT2D eigenvalue weighted by Crippen LogP contribution is -2.24. The second-order valence-electron chi connectivity index (χ2n) is 6.68. The van der Waals surface area contributed by atoms with Crippen LogP contribution in [0.15, 0.2) is 36.7 Å². The highest BCUT2D eigenvalue weighted by atomic mass is 32.2. The minimum Gasteiger partial charge on any atom is -0.387 e. The second kappa shape index (κ2) is 10.6. The quantitative estimate of drug-likeness (QED) is 0.230. The van der Waals surface area contributed by atoms with Gasteiger partial charge < -0.3 is 11.1 Å². The number of benzene rings is 1. The molecule has 2 rings (SSSR count). The van der Waals surface area contributed by atoms with Crippen molar-refractivity contribution in [3.8, 4) is 11.1 Å². The van der Waals surface area contributed by atoms with Gasteiger partial charge in [0.2, 0.25) is 16.0 Å². The van der Waals surface area contributed by atoms with Crippen LogP contribution >= 0.6 is 0 Å². The van der Waals surface area contributed by atoms with Gasteiger partial charge in [-0.2, -0.15) is 0 Å². The topological polar surface area (TPSA) is 151 Å². The van der Waals surface area contributed by atoms with Crippen molar-refractivity contribution in [2.45, 2.75) is 25.7 Å². The van der Waals surface area contributed by atoms with E-state index in [1.165, 1.54) is 0 Å². The Morgan fingerprint density at radius 3 is 2.55 bits per heavy atom. The highest BCUT2D eigenvalue weighted by Gasteiger charge is 2.06. The first kappa shape index (κ1) is 22.4. The molecule has 29 heavy (non-hydrogen) atoms. The first-order valence-electron chi connectivity index (χ1n) is 9.17. The van der Waals surface area contributed by atoms with E-state index in [1.807, 2.05) is 24.3 Å². The maximum Gasteiger partial charge on any atom is 0.222 e. The molecule has 156 valence electrons. The normalized spacial score (nSPS) is 11.2. The third-order valence-electron chi connectivity index (χ3n) is 3.99. The maximum atomic E-state index is 11.7. The first-order chi connectivity index (χ1) is 13.7. The predicted molar refractivity (Wildman–Crippen MR) is 113 cm³/mol. The van der Waals surface area contributed by atoms with Gasteiger partial charge in [0.05, 0.1) is 18.5 Å². The second-order valence-corrected chi connectivity index (χ2v) is 8.52. The van der Waals surface area contributed by atoms with Crippen LogP contribution in [-0.2, 0) is 21.2 Å². The van der Waals surface area contributed by atoms with E-state index in [0.717, 1.165) is 22.9 Å². The van der Waals surface area contributed by atoms with Crippen LogP contribution in [-0.4, -0.2) is 49.3 Å². The molecule has 1 heterocycles. The van der Waals surface area contributed by atoms with Crippen molar-refractivity contribution in [1.82, 2.24) is 14.7 Å². The molecular formula is C19H26N6O3S. The molecule has 0 radical (unpaired) electrons. The Hall–Kier alpha value is -2.85. The number of nitrogens with zero attached hydrogens (tertiary/aromatic N) is 2. The maximum absolute atomic E-state index is 11.7. The van der Waals surface area contributed by atoms with Gasteiger partial charge in [-0.25, -0.2) is 23.1 Å². The van der Waals surface area contributed by atoms with Gasteiger partial charge >= 0.3 is 0 Å². The largest absolute Gasteiger partial charge is 0.387 e. The zero-order chi connectivity index (χ0) is 21.3. The SMILES string of the molecule is CS(=O)(=O)NCCCNc1ncc(-c2cccc(CCC(=O)CC(=N)N)c2)cn1. The van der Waals surface area contributed by atoms with Gasteiger partial charge in [-0.1, -0.05) is 24.3 Å². The number of nitrogens with two attached hydrogens (primary N) is 1. The standard InChI is InChI=1S/C19H26N6O3S/c1-29(27,28)25-9-3-8-22-19-23-12-16(13-24-19)15-5-2-4-14(10-15)6-7-17(26)11-18(20)21/h2,4-5,10,12-13,25H,3,6-9,11H2,1H3,(H3,20,21)(H,22,23,24). The molecule has 0 fully saturated rings. The summed E-state index contributed by atoms with van der Waals surface area (Å²) < 4.78 is 24.4. The smallest absolute Gasteiger partial charge is 0.222 e. The molecule has 0 aliphatic heterocycles. The number of nitrogens with one attached hydrogen (secondary N) is 3. The molecule has 0 saturated carbocycles. The molecule has 9 nitrogen and oxygen atoms in total. The van der Waals surface area contributed by atoms with Crippen LogP contribution in [0.25, 0.3) is 11.1 Å². The van der Waals surface area contributed by atoms with Gasteiger partial charge in [-0.05, 0) is 24.0 Å². The molecule has 0 aliphatic carbocycles. The van der Waals surface area contributed by atoms with E-state index >= 15 is 0 Å². The molecular weight excluding hydrogens is 392 g/mol. The lowest BCUT2D eigenvalue weighted by atomic mass is 10.0. The molecule has 0 spiro atoms. The van der Waals surface area contributed by atoms with Crippen LogP contribution in [0.5, 0.6) is 0 Å². The summed E-state index contributed by atoms with van der Waals surface area (Å²) in [5, 5.41) is 10.2. The fourth-order valence-corrected chi connectivity index (χ4v) is 3.12. The third kappa shape index (κ3) is 8.79. The number of carbonyl (C=O) groups excluding carboxylic acids is 1. The highest BCUT2D eigenvalue weighted by molar-refractivity contribution is 7.88. The van der Waals surface area contributed by atoms with E-state index in [2.05, 4.69) is 20.0 Å². The van der Waals surface area contributed by atoms with Gasteiger partial charge in [0, 0.05) is 37.5 Å². The number of aryl methyl sites for hydroxylation is 1. The van der Waals surface area contributed by atoms with E-state index < -0.39 is 10.0 Å². The number of hydrogen-bond acceptors (Lipinski definition) is 7. The summed E-state index contributed by atoms with van der Waals surface area (Å²) >= 11 is 0. The van der Waals surface area contributed by atoms with Crippen molar-refractivity contribution >= 4 is 27.6 Å². The molecule has 0 aliphatic rings. The number of Topliss-reactive ketones (excluding diaryl/α,β-unsaturated/α-hetero) is 1. The van der Waals surface area contributed by atoms with Crippen LogP contribution in [0.4, 0.5) is 5.95 Å². The number of anilines is 1. The molecule has 0 amide bonds. The summed E-state index contributed by atoms with van der Waals surface area (Å²) in [6, 6.07) is 7.81. The monoisotopic (exact) mass is 418 g/mol. The van der Waals surface area contributed by atoms with Crippen molar-refractivity contribution in [2.75, 3.05) is 24.7 Å². The highest BCUT2D eigenvalue weighted by Crippen LogP contribution is 2.20. The summed E-state index contributed by atoms with van der Waals surface area (Å²) in [6.45, 7) is 0.900. The van der Waals surface area contributed by atoms with E-state index in [4.69, 9.17) is 11.1 Å². The van der Waals surface area contributed by atoms with Crippen molar-refractivity contribution in [3.05, 3.63) is 42.2 Å². The fourth-order valence-electron chi connectivity index (χ4n) is 2.61. The Morgan fingerprint density at radius 2 is 1.90 bits per heavy atom. The van der Waals surface area contributed by atoms with Crippen molar-refractivity contribution < 1.29 is 13.2 Å². The number of sulfonamides is 1. The molecule has 0 unspecified atom stereocenters. The average molecular weight is 419 g/mol. The summed E-state index contributed by atoms with van der Waals surface area (Å²) in [4.78, 5) is 20.3. The van der Waals surface area contributed by atoms with Crippen LogP contribution in [0.3, 0.4) is 0 Å². The number of hydrogen-bond donors (Lipinski definition) is 4. The Labute approximate surface area is 170 Å². The summed E-state index contributed by atoms with van der Waals surface area (Å²) in [7, 11) is -3.17. The Kier molecular flexibility index (Phi) is 8.22. The zero-order valence-corrected chi connectivity index (χ0v) is 17.1. The molecule has 0 bridgehead atoms. The number of ketones is 1. The summed E-state index contributed by atoms with van der Waals surface area (Å²) in [5.74, 6) is 0.314. The number of amidine groups is 1. The van der Waals surface area contributed by atoms with Crippen LogP contribution < -0.4 is 15.8 Å². The van der Waals surface area contributed by atoms with Gasteiger partial charge in [-0.15, -0.1) is 0 Å². The third-order valence-corrected chi connectivity index (χ3v) is 4.72. The summed E-state index contributed by atoms with van der Waals surface area (Å²) in [5.41, 5.74) is 8.07. The predicted octanol–water partition coefficient (Wildman–Crippen LogP) is 1.32. The summed E-state index contributed by atoms with van der Waals surface area (Å²) in [6.07, 6.45) is 6.09. The van der Waals surface area contributed by atoms with Gasteiger partial charge in [0.15, 0.2) is 0 Å². The van der Waals surface area contributed by atoms with Crippen molar-refractivity contribution in [2.24, 2.45) is 5.73 Å². The fraction of sp³-hybridized carbons (Fsp3) is 0.368. The minimum absolute atomic E-state index is 0.00763. The van der Waals surface area contributed by atoms with Gasteiger partial charge in [-0.3, -0.25) is 10.2 Å². The van der Waals surface area contributed by atoms with Crippen molar-refractivity contribution in [3.63, 3.8) is 0 Å². The number of rotatable bonds is 12. The lowest BCUT2D eigenvalue weighted by molar-refractivity contribution is -0.117. The molecule has 0 atom stereocenters. The molecule has 10 heteroatoms. The molecule has 0 saturated heterocycles. The molecule has 5 N–H and O–H groups in total. The van der Waals surface area contributed by atoms with Gasteiger partial charge in [0.25, 0.3) is 0 Å². The zero-order valence-electron chi connectivity index (χ0n) is 16.3. The molecule has 1 aromatic heterocycles. The Bertz CT molecular complexity index is 945. The van der Waals surface area contributed by atoms with Gasteiger partial charge in [0.1, 0.15) is 5.78 Å². The van der Waals surface area contributed by atoms with E-state index in [-0.39, 0.29) is 18.0 Å². The Balaban J connectivity index is 1.87. The average Bonchev–Trinajstić information content (AvgIpc) is 2.65. The molecule has 1 aromatic carbocycles. The minimum atomic E-state index is -3.17. The van der Waals surface area contributed by atoms with Crippen molar-refractivity contribution in [1.29, 1.82) is 5.41 Å². The van der Waals surface area contributed by atoms with Crippen LogP contribution in [0, 0.1) is 5.41 Å². The van der Waals surface area contributed by atoms with E-state index in [9.17, 15) is 13.2 Å². The Morgan fingerprint density at radius 1 is 1.17 bits per heavy atom. The van der Waals surface area contributed by atoms with Crippen LogP contribution in [0.1, 0.15) is 24.8 Å². The van der Waals surface area contributed by atoms with E-state index in [0.29, 0.717) is 38.3 Å².